The molecule has 1 amide bonds. The van der Waals surface area contributed by atoms with Gasteiger partial charge in [0.05, 0.1) is 6.54 Å². The average Bonchev–Trinajstić information content (AvgIpc) is 3.13. The summed E-state index contributed by atoms with van der Waals surface area (Å²) in [6.07, 6.45) is 2.53. The lowest BCUT2D eigenvalue weighted by atomic mass is 10.1. The van der Waals surface area contributed by atoms with Crippen LogP contribution in [0.5, 0.6) is 0 Å². The molecule has 0 aromatic heterocycles. The van der Waals surface area contributed by atoms with Crippen molar-refractivity contribution in [3.8, 4) is 0 Å². The first-order valence-electron chi connectivity index (χ1n) is 9.38. The Morgan fingerprint density at radius 3 is 2.46 bits per heavy atom. The Morgan fingerprint density at radius 2 is 1.77 bits per heavy atom. The second kappa shape index (κ2) is 7.81. The van der Waals surface area contributed by atoms with Gasteiger partial charge < -0.3 is 15.1 Å². The minimum absolute atomic E-state index is 0.00503. The molecule has 1 aliphatic heterocycles. The van der Waals surface area contributed by atoms with E-state index in [2.05, 4.69) is 61.3 Å². The number of nitrogens with one attached hydrogen (secondary N) is 1. The highest BCUT2D eigenvalue weighted by atomic mass is 16.2. The van der Waals surface area contributed by atoms with Gasteiger partial charge in [0.1, 0.15) is 0 Å². The SMILES string of the molecule is Cc1ccc(C)c(N(C)CC(=O)Nc2ccc(N3CCCC3)cc2C)c1. The molecule has 2 aromatic carbocycles. The lowest BCUT2D eigenvalue weighted by molar-refractivity contribution is -0.114. The lowest BCUT2D eigenvalue weighted by Crippen LogP contribution is -2.30. The fourth-order valence-electron chi connectivity index (χ4n) is 3.58. The average molecular weight is 351 g/mol. The molecule has 4 heteroatoms. The van der Waals surface area contributed by atoms with E-state index in [-0.39, 0.29) is 5.91 Å². The van der Waals surface area contributed by atoms with Gasteiger partial charge in [0.25, 0.3) is 0 Å². The van der Waals surface area contributed by atoms with E-state index in [1.165, 1.54) is 29.7 Å². The summed E-state index contributed by atoms with van der Waals surface area (Å²) in [5, 5.41) is 3.06. The quantitative estimate of drug-likeness (QED) is 0.873. The number of anilines is 3. The number of benzene rings is 2. The van der Waals surface area contributed by atoms with E-state index < -0.39 is 0 Å². The van der Waals surface area contributed by atoms with Crippen LogP contribution in [0.15, 0.2) is 36.4 Å². The number of amides is 1. The van der Waals surface area contributed by atoms with Gasteiger partial charge in [-0.2, -0.15) is 0 Å². The molecule has 0 atom stereocenters. The molecule has 3 rings (SSSR count). The third kappa shape index (κ3) is 4.18. The minimum atomic E-state index is 0.00503. The number of carbonyl (C=O) groups is 1. The molecule has 1 N–H and O–H groups in total. The number of nitrogens with zero attached hydrogens (tertiary/aromatic N) is 2. The van der Waals surface area contributed by atoms with Crippen molar-refractivity contribution in [2.24, 2.45) is 0 Å². The Morgan fingerprint density at radius 1 is 1.04 bits per heavy atom. The van der Waals surface area contributed by atoms with Crippen molar-refractivity contribution < 1.29 is 4.79 Å². The zero-order valence-corrected chi connectivity index (χ0v) is 16.3. The van der Waals surface area contributed by atoms with E-state index in [1.807, 2.05) is 18.0 Å². The summed E-state index contributed by atoms with van der Waals surface area (Å²) in [6, 6.07) is 12.6. The molecule has 0 bridgehead atoms. The zero-order chi connectivity index (χ0) is 18.7. The topological polar surface area (TPSA) is 35.6 Å². The van der Waals surface area contributed by atoms with Gasteiger partial charge in [-0.1, -0.05) is 12.1 Å². The Labute approximate surface area is 156 Å². The third-order valence-corrected chi connectivity index (χ3v) is 5.11. The molecule has 0 aliphatic carbocycles. The monoisotopic (exact) mass is 351 g/mol. The van der Waals surface area contributed by atoms with Crippen molar-refractivity contribution in [3.05, 3.63) is 53.1 Å². The first kappa shape index (κ1) is 18.3. The maximum Gasteiger partial charge on any atom is 0.243 e. The van der Waals surface area contributed by atoms with Gasteiger partial charge >= 0.3 is 0 Å². The normalized spacial score (nSPS) is 13.8. The van der Waals surface area contributed by atoms with Gasteiger partial charge in [-0.05, 0) is 74.6 Å². The molecule has 26 heavy (non-hydrogen) atoms. The maximum absolute atomic E-state index is 12.5. The highest BCUT2D eigenvalue weighted by Gasteiger charge is 2.15. The van der Waals surface area contributed by atoms with Crippen LogP contribution in [-0.2, 0) is 4.79 Å². The number of hydrogen-bond acceptors (Lipinski definition) is 3. The first-order valence-corrected chi connectivity index (χ1v) is 9.38. The van der Waals surface area contributed by atoms with Gasteiger partial charge in [0.15, 0.2) is 0 Å². The highest BCUT2D eigenvalue weighted by Crippen LogP contribution is 2.26. The van der Waals surface area contributed by atoms with Crippen LogP contribution in [0.3, 0.4) is 0 Å². The number of likely N-dealkylation sites (N-methyl/N-ethyl adjacent to an activating group) is 1. The van der Waals surface area contributed by atoms with E-state index in [0.29, 0.717) is 6.54 Å². The first-order chi connectivity index (χ1) is 12.4. The smallest absolute Gasteiger partial charge is 0.243 e. The van der Waals surface area contributed by atoms with Crippen molar-refractivity contribution in [1.82, 2.24) is 0 Å². The number of rotatable bonds is 5. The van der Waals surface area contributed by atoms with Crippen molar-refractivity contribution in [1.29, 1.82) is 0 Å². The summed E-state index contributed by atoms with van der Waals surface area (Å²) in [7, 11) is 1.96. The van der Waals surface area contributed by atoms with Gasteiger partial charge in [0.2, 0.25) is 5.91 Å². The molecular formula is C22H29N3O. The fraction of sp³-hybridized carbons (Fsp3) is 0.409. The molecular weight excluding hydrogens is 322 g/mol. The summed E-state index contributed by atoms with van der Waals surface area (Å²) < 4.78 is 0. The van der Waals surface area contributed by atoms with E-state index in [9.17, 15) is 4.79 Å². The van der Waals surface area contributed by atoms with E-state index in [1.54, 1.807) is 0 Å². The summed E-state index contributed by atoms with van der Waals surface area (Å²) in [5.74, 6) is 0.00503. The van der Waals surface area contributed by atoms with Crippen LogP contribution in [0.2, 0.25) is 0 Å². The largest absolute Gasteiger partial charge is 0.372 e. The van der Waals surface area contributed by atoms with E-state index >= 15 is 0 Å². The molecule has 4 nitrogen and oxygen atoms in total. The predicted molar refractivity (Wildman–Crippen MR) is 110 cm³/mol. The molecule has 2 aromatic rings. The predicted octanol–water partition coefficient (Wildman–Crippen LogP) is 4.29. The molecule has 0 saturated carbocycles. The lowest BCUT2D eigenvalue weighted by Gasteiger charge is -2.22. The number of carbonyl (C=O) groups excluding carboxylic acids is 1. The summed E-state index contributed by atoms with van der Waals surface area (Å²) in [6.45, 7) is 8.80. The summed E-state index contributed by atoms with van der Waals surface area (Å²) in [5.41, 5.74) is 6.74. The molecule has 0 spiro atoms. The second-order valence-electron chi connectivity index (χ2n) is 7.39. The van der Waals surface area contributed by atoms with Crippen LogP contribution in [0.1, 0.15) is 29.5 Å². The summed E-state index contributed by atoms with van der Waals surface area (Å²) in [4.78, 5) is 16.9. The Hall–Kier alpha value is -2.49. The number of aryl methyl sites for hydroxylation is 3. The third-order valence-electron chi connectivity index (χ3n) is 5.11. The van der Waals surface area contributed by atoms with Crippen LogP contribution in [0, 0.1) is 20.8 Å². The van der Waals surface area contributed by atoms with Gasteiger partial charge in [-0.25, -0.2) is 0 Å². The molecule has 0 unspecified atom stereocenters. The highest BCUT2D eigenvalue weighted by molar-refractivity contribution is 5.95. The Bertz CT molecular complexity index is 794. The Balaban J connectivity index is 1.65. The van der Waals surface area contributed by atoms with Crippen molar-refractivity contribution in [2.45, 2.75) is 33.6 Å². The molecule has 1 fully saturated rings. The molecule has 0 radical (unpaired) electrons. The van der Waals surface area contributed by atoms with Crippen LogP contribution < -0.4 is 15.1 Å². The van der Waals surface area contributed by atoms with Gasteiger partial charge in [-0.3, -0.25) is 4.79 Å². The molecule has 1 aliphatic rings. The van der Waals surface area contributed by atoms with Crippen molar-refractivity contribution >= 4 is 23.0 Å². The van der Waals surface area contributed by atoms with Gasteiger partial charge in [0, 0.05) is 37.2 Å². The van der Waals surface area contributed by atoms with E-state index in [4.69, 9.17) is 0 Å². The standard InChI is InChI=1S/C22H29N3O/c1-16-7-8-17(2)21(13-16)24(4)15-22(26)23-20-10-9-19(14-18(20)3)25-11-5-6-12-25/h7-10,13-14H,5-6,11-12,15H2,1-4H3,(H,23,26). The molecule has 1 heterocycles. The zero-order valence-electron chi connectivity index (χ0n) is 16.3. The van der Waals surface area contributed by atoms with Crippen LogP contribution in [-0.4, -0.2) is 32.6 Å². The Kier molecular flexibility index (Phi) is 5.50. The summed E-state index contributed by atoms with van der Waals surface area (Å²) >= 11 is 0. The van der Waals surface area contributed by atoms with Crippen molar-refractivity contribution in [2.75, 3.05) is 41.8 Å². The molecule has 138 valence electrons. The minimum Gasteiger partial charge on any atom is -0.372 e. The van der Waals surface area contributed by atoms with Crippen LogP contribution >= 0.6 is 0 Å². The maximum atomic E-state index is 12.5. The van der Waals surface area contributed by atoms with Crippen molar-refractivity contribution in [3.63, 3.8) is 0 Å². The molecule has 1 saturated heterocycles. The van der Waals surface area contributed by atoms with E-state index in [0.717, 1.165) is 30.0 Å². The van der Waals surface area contributed by atoms with Crippen LogP contribution in [0.4, 0.5) is 17.1 Å². The fourth-order valence-corrected chi connectivity index (χ4v) is 3.58. The van der Waals surface area contributed by atoms with Gasteiger partial charge in [-0.15, -0.1) is 0 Å². The van der Waals surface area contributed by atoms with Crippen LogP contribution in [0.25, 0.3) is 0 Å². The second-order valence-corrected chi connectivity index (χ2v) is 7.39. The number of hydrogen-bond donors (Lipinski definition) is 1.